The summed E-state index contributed by atoms with van der Waals surface area (Å²) in [6.07, 6.45) is 0.773. The van der Waals surface area contributed by atoms with E-state index in [2.05, 4.69) is 0 Å². The molecule has 0 radical (unpaired) electrons. The highest BCUT2D eigenvalue weighted by atomic mass is 35.5. The smallest absolute Gasteiger partial charge is 0.312 e. The Kier molecular flexibility index (Phi) is 3.77. The molecule has 1 aliphatic heterocycles. The van der Waals surface area contributed by atoms with Crippen molar-refractivity contribution < 1.29 is 27.1 Å². The number of carbonyl (C=O) groups is 1. The zero-order chi connectivity index (χ0) is 18.6. The van der Waals surface area contributed by atoms with Gasteiger partial charge in [0.25, 0.3) is 0 Å². The third kappa shape index (κ3) is 2.47. The van der Waals surface area contributed by atoms with Gasteiger partial charge in [-0.25, -0.2) is 13.2 Å². The number of fused-ring (bicyclic) bond motifs is 3. The van der Waals surface area contributed by atoms with E-state index in [4.69, 9.17) is 20.8 Å². The molecule has 132 valence electrons. The van der Waals surface area contributed by atoms with E-state index in [9.17, 15) is 22.8 Å². The van der Waals surface area contributed by atoms with Gasteiger partial charge in [-0.1, -0.05) is 11.6 Å². The zero-order valence-corrected chi connectivity index (χ0v) is 13.6. The summed E-state index contributed by atoms with van der Waals surface area (Å²) in [5.74, 6) is -5.81. The van der Waals surface area contributed by atoms with Crippen LogP contribution in [0.3, 0.4) is 0 Å². The molecule has 0 unspecified atom stereocenters. The van der Waals surface area contributed by atoms with Crippen LogP contribution in [0.1, 0.15) is 23.5 Å². The molecular formula is C18H8ClF3O4. The summed E-state index contributed by atoms with van der Waals surface area (Å²) in [7, 11) is 0. The van der Waals surface area contributed by atoms with Gasteiger partial charge in [0.2, 0.25) is 5.43 Å². The van der Waals surface area contributed by atoms with Gasteiger partial charge in [0.05, 0.1) is 11.8 Å². The van der Waals surface area contributed by atoms with E-state index in [1.165, 1.54) is 12.1 Å². The highest BCUT2D eigenvalue weighted by Crippen LogP contribution is 2.43. The lowest BCUT2D eigenvalue weighted by atomic mass is 9.85. The van der Waals surface area contributed by atoms with Gasteiger partial charge < -0.3 is 9.15 Å². The van der Waals surface area contributed by atoms with Crippen molar-refractivity contribution in [1.29, 1.82) is 0 Å². The van der Waals surface area contributed by atoms with Gasteiger partial charge >= 0.3 is 5.97 Å². The van der Waals surface area contributed by atoms with Crippen molar-refractivity contribution in [3.63, 3.8) is 0 Å². The van der Waals surface area contributed by atoms with Gasteiger partial charge in [-0.2, -0.15) is 0 Å². The molecule has 0 amide bonds. The van der Waals surface area contributed by atoms with Crippen molar-refractivity contribution in [2.75, 3.05) is 0 Å². The van der Waals surface area contributed by atoms with E-state index >= 15 is 0 Å². The van der Waals surface area contributed by atoms with E-state index in [1.54, 1.807) is 0 Å². The molecule has 2 aromatic carbocycles. The van der Waals surface area contributed by atoms with Crippen molar-refractivity contribution in [3.8, 4) is 5.75 Å². The van der Waals surface area contributed by atoms with Crippen LogP contribution < -0.4 is 10.2 Å². The molecule has 4 nitrogen and oxygen atoms in total. The Morgan fingerprint density at radius 1 is 1.08 bits per heavy atom. The average Bonchev–Trinajstić information content (AvgIpc) is 2.61. The van der Waals surface area contributed by atoms with Gasteiger partial charge in [-0.3, -0.25) is 9.59 Å². The molecule has 26 heavy (non-hydrogen) atoms. The fraction of sp³-hybridized carbons (Fsp3) is 0.111. The van der Waals surface area contributed by atoms with Crippen LogP contribution in [0.25, 0.3) is 11.0 Å². The quantitative estimate of drug-likeness (QED) is 0.359. The molecule has 4 rings (SSSR count). The first-order valence-electron chi connectivity index (χ1n) is 7.46. The number of hydrogen-bond acceptors (Lipinski definition) is 4. The first kappa shape index (κ1) is 16.7. The first-order chi connectivity index (χ1) is 12.4. The van der Waals surface area contributed by atoms with Crippen LogP contribution in [0.5, 0.6) is 5.75 Å². The molecule has 0 fully saturated rings. The number of hydrogen-bond donors (Lipinski definition) is 0. The Hall–Kier alpha value is -2.80. The van der Waals surface area contributed by atoms with Gasteiger partial charge in [-0.15, -0.1) is 0 Å². The molecule has 0 spiro atoms. The summed E-state index contributed by atoms with van der Waals surface area (Å²) in [5, 5.41) is -0.0112. The lowest BCUT2D eigenvalue weighted by Crippen LogP contribution is -2.22. The van der Waals surface area contributed by atoms with Crippen LogP contribution in [-0.4, -0.2) is 5.97 Å². The summed E-state index contributed by atoms with van der Waals surface area (Å²) in [5.41, 5.74) is -0.131. The minimum Gasteiger partial charge on any atom is -0.462 e. The minimum atomic E-state index is -1.61. The maximum atomic E-state index is 13.7. The molecule has 1 atom stereocenters. The number of esters is 1. The molecule has 0 aliphatic carbocycles. The van der Waals surface area contributed by atoms with E-state index in [-0.39, 0.29) is 39.3 Å². The van der Waals surface area contributed by atoms with E-state index < -0.39 is 34.8 Å². The van der Waals surface area contributed by atoms with E-state index in [1.807, 2.05) is 0 Å². The molecule has 1 aromatic heterocycles. The summed E-state index contributed by atoms with van der Waals surface area (Å²) in [4.78, 5) is 24.1. The molecule has 2 heterocycles. The maximum Gasteiger partial charge on any atom is 0.312 e. The molecule has 0 saturated heterocycles. The largest absolute Gasteiger partial charge is 0.462 e. The van der Waals surface area contributed by atoms with Crippen molar-refractivity contribution in [3.05, 3.63) is 74.4 Å². The van der Waals surface area contributed by atoms with Gasteiger partial charge in [-0.05, 0) is 29.8 Å². The summed E-state index contributed by atoms with van der Waals surface area (Å²) in [6.45, 7) is 0. The molecular weight excluding hydrogens is 373 g/mol. The highest BCUT2D eigenvalue weighted by Gasteiger charge is 2.33. The second-order valence-electron chi connectivity index (χ2n) is 5.80. The Balaban J connectivity index is 2.03. The Bertz CT molecular complexity index is 1120. The topological polar surface area (TPSA) is 56.5 Å². The first-order valence-corrected chi connectivity index (χ1v) is 7.83. The molecule has 3 aromatic rings. The SMILES string of the molecule is O=C1C[C@@H](c2cc(F)c(F)c(F)c2)c2c(ccc3c(=O)c(Cl)coc23)O1. The van der Waals surface area contributed by atoms with Crippen LogP contribution in [0.15, 0.2) is 39.7 Å². The average molecular weight is 381 g/mol. The van der Waals surface area contributed by atoms with Crippen LogP contribution in [0, 0.1) is 17.5 Å². The van der Waals surface area contributed by atoms with Crippen LogP contribution in [0.2, 0.25) is 5.02 Å². The van der Waals surface area contributed by atoms with Crippen LogP contribution >= 0.6 is 11.6 Å². The Labute approximate surface area is 148 Å². The van der Waals surface area contributed by atoms with E-state index in [0.29, 0.717) is 0 Å². The Morgan fingerprint density at radius 2 is 1.77 bits per heavy atom. The maximum absolute atomic E-state index is 13.7. The summed E-state index contributed by atoms with van der Waals surface area (Å²) in [6, 6.07) is 4.37. The molecule has 0 saturated carbocycles. The van der Waals surface area contributed by atoms with E-state index in [0.717, 1.165) is 18.4 Å². The third-order valence-electron chi connectivity index (χ3n) is 4.25. The number of rotatable bonds is 1. The molecule has 0 bridgehead atoms. The predicted octanol–water partition coefficient (Wildman–Crippen LogP) is 4.30. The second kappa shape index (κ2) is 5.88. The van der Waals surface area contributed by atoms with Crippen molar-refractivity contribution >= 4 is 28.5 Å². The lowest BCUT2D eigenvalue weighted by Gasteiger charge is -2.25. The minimum absolute atomic E-state index is 0.0180. The number of benzene rings is 2. The molecule has 0 N–H and O–H groups in total. The molecule has 8 heteroatoms. The second-order valence-corrected chi connectivity index (χ2v) is 6.20. The molecule has 1 aliphatic rings. The number of halogens is 4. The summed E-state index contributed by atoms with van der Waals surface area (Å²) < 4.78 is 51.2. The lowest BCUT2D eigenvalue weighted by molar-refractivity contribution is -0.135. The fourth-order valence-corrected chi connectivity index (χ4v) is 3.24. The van der Waals surface area contributed by atoms with Crippen molar-refractivity contribution in [1.82, 2.24) is 0 Å². The Morgan fingerprint density at radius 3 is 2.46 bits per heavy atom. The standard InChI is InChI=1S/C18H8ClF3O4/c19-10-6-25-18-8(17(10)24)1-2-13-15(18)9(5-14(23)26-13)7-3-11(20)16(22)12(21)4-7/h1-4,6,9H,5H2/t9-/m0/s1. The zero-order valence-electron chi connectivity index (χ0n) is 12.8. The van der Waals surface area contributed by atoms with Gasteiger partial charge in [0, 0.05) is 11.5 Å². The third-order valence-corrected chi connectivity index (χ3v) is 4.51. The number of ether oxygens (including phenoxy) is 1. The van der Waals surface area contributed by atoms with Gasteiger partial charge in [0.1, 0.15) is 22.6 Å². The number of carbonyl (C=O) groups excluding carboxylic acids is 1. The van der Waals surface area contributed by atoms with Crippen molar-refractivity contribution in [2.24, 2.45) is 0 Å². The van der Waals surface area contributed by atoms with Crippen molar-refractivity contribution in [2.45, 2.75) is 12.3 Å². The monoisotopic (exact) mass is 380 g/mol. The van der Waals surface area contributed by atoms with Gasteiger partial charge in [0.15, 0.2) is 17.5 Å². The predicted molar refractivity (Wildman–Crippen MR) is 85.9 cm³/mol. The van der Waals surface area contributed by atoms with Crippen LogP contribution in [0.4, 0.5) is 13.2 Å². The highest BCUT2D eigenvalue weighted by molar-refractivity contribution is 6.30. The fourth-order valence-electron chi connectivity index (χ4n) is 3.09. The van der Waals surface area contributed by atoms with Crippen LogP contribution in [-0.2, 0) is 4.79 Å². The normalized spacial score (nSPS) is 16.5. The summed E-state index contributed by atoms with van der Waals surface area (Å²) >= 11 is 5.77.